The molecule has 0 amide bonds. The number of ether oxygens (including phenoxy) is 2. The van der Waals surface area contributed by atoms with E-state index in [4.69, 9.17) is 9.47 Å². The number of methoxy groups -OCH3 is 1. The van der Waals surface area contributed by atoms with Crippen LogP contribution in [0.4, 0.5) is 5.13 Å². The van der Waals surface area contributed by atoms with E-state index in [2.05, 4.69) is 15.5 Å². The number of thiazole rings is 1. The Morgan fingerprint density at radius 1 is 1.22 bits per heavy atom. The van der Waals surface area contributed by atoms with E-state index in [1.165, 1.54) is 0 Å². The molecule has 23 heavy (non-hydrogen) atoms. The molecule has 5 nitrogen and oxygen atoms in total. The Bertz CT molecular complexity index is 797. The van der Waals surface area contributed by atoms with E-state index in [1.54, 1.807) is 24.7 Å². The minimum absolute atomic E-state index is 0.600. The van der Waals surface area contributed by atoms with Gasteiger partial charge in [0.15, 0.2) is 11.5 Å². The maximum atomic E-state index is 5.50. The summed E-state index contributed by atoms with van der Waals surface area (Å²) in [5, 5.41) is 5.00. The number of hydrogen-bond acceptors (Lipinski definition) is 6. The minimum atomic E-state index is 0.600. The summed E-state index contributed by atoms with van der Waals surface area (Å²) < 4.78 is 12.0. The third-order valence-corrected chi connectivity index (χ3v) is 4.10. The van der Waals surface area contributed by atoms with E-state index >= 15 is 0 Å². The first-order chi connectivity index (χ1) is 11.3. The van der Waals surface area contributed by atoms with Crippen LogP contribution in [0.25, 0.3) is 10.2 Å². The molecule has 0 aliphatic carbocycles. The van der Waals surface area contributed by atoms with Gasteiger partial charge in [-0.1, -0.05) is 23.5 Å². The van der Waals surface area contributed by atoms with Gasteiger partial charge in [0.2, 0.25) is 5.13 Å². The Hall–Kier alpha value is -2.60. The molecular weight excluding hydrogens is 310 g/mol. The van der Waals surface area contributed by atoms with Gasteiger partial charge in [-0.3, -0.25) is 5.43 Å². The van der Waals surface area contributed by atoms with Gasteiger partial charge in [0.1, 0.15) is 0 Å². The van der Waals surface area contributed by atoms with Crippen LogP contribution in [0.3, 0.4) is 0 Å². The minimum Gasteiger partial charge on any atom is -0.493 e. The molecule has 1 heterocycles. The lowest BCUT2D eigenvalue weighted by Gasteiger charge is -2.09. The second-order valence-electron chi connectivity index (χ2n) is 4.70. The van der Waals surface area contributed by atoms with Gasteiger partial charge >= 0.3 is 0 Å². The molecule has 118 valence electrons. The number of nitrogens with zero attached hydrogens (tertiary/aromatic N) is 2. The number of para-hydroxylation sites is 1. The van der Waals surface area contributed by atoms with Crippen molar-refractivity contribution in [1.29, 1.82) is 0 Å². The molecule has 0 saturated carbocycles. The number of aromatic nitrogens is 1. The van der Waals surface area contributed by atoms with Gasteiger partial charge < -0.3 is 9.47 Å². The Labute approximate surface area is 138 Å². The van der Waals surface area contributed by atoms with E-state index in [0.29, 0.717) is 12.4 Å². The summed E-state index contributed by atoms with van der Waals surface area (Å²) in [4.78, 5) is 4.47. The number of benzene rings is 2. The van der Waals surface area contributed by atoms with Crippen molar-refractivity contribution < 1.29 is 9.47 Å². The molecule has 1 N–H and O–H groups in total. The highest BCUT2D eigenvalue weighted by atomic mass is 32.1. The van der Waals surface area contributed by atoms with E-state index < -0.39 is 0 Å². The number of hydrazone groups is 1. The van der Waals surface area contributed by atoms with Crippen molar-refractivity contribution in [2.45, 2.75) is 6.92 Å². The van der Waals surface area contributed by atoms with E-state index in [1.807, 2.05) is 49.4 Å². The third-order valence-electron chi connectivity index (χ3n) is 3.16. The lowest BCUT2D eigenvalue weighted by atomic mass is 10.2. The van der Waals surface area contributed by atoms with Crippen molar-refractivity contribution in [1.82, 2.24) is 4.98 Å². The smallest absolute Gasteiger partial charge is 0.204 e. The molecule has 6 heteroatoms. The average molecular weight is 327 g/mol. The fraction of sp³-hybridized carbons (Fsp3) is 0.176. The number of hydrogen-bond donors (Lipinski definition) is 1. The molecule has 3 aromatic rings. The van der Waals surface area contributed by atoms with E-state index in [-0.39, 0.29) is 0 Å². The SMILES string of the molecule is CCOc1ccc(/C=N/Nc2nc3ccccc3s2)cc1OC. The van der Waals surface area contributed by atoms with Gasteiger partial charge in [-0.15, -0.1) is 0 Å². The lowest BCUT2D eigenvalue weighted by molar-refractivity contribution is 0.311. The molecule has 0 radical (unpaired) electrons. The van der Waals surface area contributed by atoms with Gasteiger partial charge in [-0.05, 0) is 42.8 Å². The van der Waals surface area contributed by atoms with Crippen molar-refractivity contribution in [3.63, 3.8) is 0 Å². The van der Waals surface area contributed by atoms with Crippen LogP contribution in [0.15, 0.2) is 47.6 Å². The Morgan fingerprint density at radius 2 is 2.09 bits per heavy atom. The summed E-state index contributed by atoms with van der Waals surface area (Å²) in [6, 6.07) is 13.7. The number of nitrogens with one attached hydrogen (secondary N) is 1. The maximum absolute atomic E-state index is 5.50. The molecule has 0 bridgehead atoms. The molecule has 0 atom stereocenters. The van der Waals surface area contributed by atoms with Crippen LogP contribution < -0.4 is 14.9 Å². The molecule has 0 spiro atoms. The lowest BCUT2D eigenvalue weighted by Crippen LogP contribution is -1.96. The summed E-state index contributed by atoms with van der Waals surface area (Å²) in [6.45, 7) is 2.54. The van der Waals surface area contributed by atoms with Gasteiger partial charge in [0, 0.05) is 0 Å². The average Bonchev–Trinajstić information content (AvgIpc) is 2.99. The second kappa shape index (κ2) is 7.11. The predicted octanol–water partition coefficient (Wildman–Crippen LogP) is 4.15. The molecule has 0 aliphatic rings. The van der Waals surface area contributed by atoms with Crippen molar-refractivity contribution in [3.05, 3.63) is 48.0 Å². The van der Waals surface area contributed by atoms with Crippen LogP contribution in [0.2, 0.25) is 0 Å². The molecule has 0 aliphatic heterocycles. The largest absolute Gasteiger partial charge is 0.493 e. The van der Waals surface area contributed by atoms with Crippen LogP contribution in [0.1, 0.15) is 12.5 Å². The highest BCUT2D eigenvalue weighted by molar-refractivity contribution is 7.22. The zero-order valence-corrected chi connectivity index (χ0v) is 13.8. The van der Waals surface area contributed by atoms with Crippen molar-refractivity contribution in [2.75, 3.05) is 19.1 Å². The monoisotopic (exact) mass is 327 g/mol. The van der Waals surface area contributed by atoms with Gasteiger partial charge in [-0.25, -0.2) is 4.98 Å². The van der Waals surface area contributed by atoms with Crippen molar-refractivity contribution in [2.24, 2.45) is 5.10 Å². The quantitative estimate of drug-likeness (QED) is 0.546. The maximum Gasteiger partial charge on any atom is 0.204 e. The molecule has 0 unspecified atom stereocenters. The molecule has 0 fully saturated rings. The van der Waals surface area contributed by atoms with Crippen LogP contribution in [0.5, 0.6) is 11.5 Å². The molecule has 3 rings (SSSR count). The van der Waals surface area contributed by atoms with Crippen LogP contribution >= 0.6 is 11.3 Å². The van der Waals surface area contributed by atoms with Crippen LogP contribution in [-0.4, -0.2) is 24.9 Å². The normalized spacial score (nSPS) is 11.0. The Morgan fingerprint density at radius 3 is 2.87 bits per heavy atom. The van der Waals surface area contributed by atoms with Crippen LogP contribution in [-0.2, 0) is 0 Å². The second-order valence-corrected chi connectivity index (χ2v) is 5.73. The standard InChI is InChI=1S/C17H17N3O2S/c1-3-22-14-9-8-12(10-15(14)21-2)11-18-20-17-19-13-6-4-5-7-16(13)23-17/h4-11H,3H2,1-2H3,(H,19,20)/b18-11+. The number of anilines is 1. The zero-order valence-electron chi connectivity index (χ0n) is 12.9. The van der Waals surface area contributed by atoms with Crippen molar-refractivity contribution in [3.8, 4) is 11.5 Å². The summed E-state index contributed by atoms with van der Waals surface area (Å²) in [7, 11) is 1.62. The van der Waals surface area contributed by atoms with Gasteiger partial charge in [0.25, 0.3) is 0 Å². The highest BCUT2D eigenvalue weighted by Crippen LogP contribution is 2.28. The fourth-order valence-electron chi connectivity index (χ4n) is 2.12. The Kier molecular flexibility index (Phi) is 4.73. The summed E-state index contributed by atoms with van der Waals surface area (Å²) in [6.07, 6.45) is 1.73. The molecule has 0 saturated heterocycles. The zero-order chi connectivity index (χ0) is 16.1. The topological polar surface area (TPSA) is 55.7 Å². The van der Waals surface area contributed by atoms with Gasteiger partial charge in [-0.2, -0.15) is 5.10 Å². The Balaban J connectivity index is 1.72. The third kappa shape index (κ3) is 3.60. The molecule has 2 aromatic carbocycles. The number of fused-ring (bicyclic) bond motifs is 1. The summed E-state index contributed by atoms with van der Waals surface area (Å²) in [5.74, 6) is 1.42. The van der Waals surface area contributed by atoms with E-state index in [0.717, 1.165) is 26.7 Å². The first-order valence-corrected chi connectivity index (χ1v) is 8.07. The first-order valence-electron chi connectivity index (χ1n) is 7.25. The first kappa shape index (κ1) is 15.3. The summed E-state index contributed by atoms with van der Waals surface area (Å²) >= 11 is 1.57. The van der Waals surface area contributed by atoms with Gasteiger partial charge in [0.05, 0.1) is 30.1 Å². The molecule has 1 aromatic heterocycles. The highest BCUT2D eigenvalue weighted by Gasteiger charge is 2.04. The molecular formula is C17H17N3O2S. The van der Waals surface area contributed by atoms with Crippen LogP contribution in [0, 0.1) is 0 Å². The van der Waals surface area contributed by atoms with Crippen molar-refractivity contribution >= 4 is 32.9 Å². The fourth-order valence-corrected chi connectivity index (χ4v) is 2.94. The number of rotatable bonds is 6. The van der Waals surface area contributed by atoms with E-state index in [9.17, 15) is 0 Å². The predicted molar refractivity (Wildman–Crippen MR) is 95.0 cm³/mol. The summed E-state index contributed by atoms with van der Waals surface area (Å²) in [5.41, 5.74) is 4.85.